The van der Waals surface area contributed by atoms with Gasteiger partial charge in [0.2, 0.25) is 0 Å². The molecule has 1 heterocycles. The van der Waals surface area contributed by atoms with E-state index in [-0.39, 0.29) is 5.91 Å². The number of fused-ring (bicyclic) bond motifs is 1. The highest BCUT2D eigenvalue weighted by atomic mass is 35.5. The lowest BCUT2D eigenvalue weighted by atomic mass is 10.1. The van der Waals surface area contributed by atoms with Crippen molar-refractivity contribution in [2.24, 2.45) is 0 Å². The lowest BCUT2D eigenvalue weighted by Gasteiger charge is -2.14. The van der Waals surface area contributed by atoms with Crippen molar-refractivity contribution < 1.29 is 4.79 Å². The summed E-state index contributed by atoms with van der Waals surface area (Å²) >= 11 is 11.9. The fraction of sp³-hybridized carbons (Fsp3) is 0.133. The maximum absolute atomic E-state index is 12.1. The molecule has 0 spiro atoms. The van der Waals surface area contributed by atoms with Crippen LogP contribution in [0.15, 0.2) is 36.4 Å². The zero-order chi connectivity index (χ0) is 14.3. The first kappa shape index (κ1) is 13.3. The Kier molecular flexibility index (Phi) is 3.32. The van der Waals surface area contributed by atoms with Gasteiger partial charge in [0.15, 0.2) is 0 Å². The molecule has 1 aliphatic rings. The van der Waals surface area contributed by atoms with Gasteiger partial charge >= 0.3 is 0 Å². The highest BCUT2D eigenvalue weighted by Crippen LogP contribution is 2.35. The van der Waals surface area contributed by atoms with Crippen LogP contribution in [0, 0.1) is 6.92 Å². The topological polar surface area (TPSA) is 41.1 Å². The minimum absolute atomic E-state index is 0.0725. The van der Waals surface area contributed by atoms with Gasteiger partial charge in [0.25, 0.3) is 5.91 Å². The van der Waals surface area contributed by atoms with Crippen LogP contribution in [-0.4, -0.2) is 5.91 Å². The smallest absolute Gasteiger partial charge is 0.251 e. The van der Waals surface area contributed by atoms with E-state index in [2.05, 4.69) is 10.6 Å². The van der Waals surface area contributed by atoms with E-state index in [0.717, 1.165) is 22.5 Å². The molecular weight excluding hydrogens is 295 g/mol. The number of carbonyl (C=O) groups excluding carboxylic acids is 1. The van der Waals surface area contributed by atoms with Gasteiger partial charge in [0.1, 0.15) is 6.04 Å². The van der Waals surface area contributed by atoms with Crippen molar-refractivity contribution in [2.75, 3.05) is 10.6 Å². The molecule has 2 N–H and O–H groups in total. The van der Waals surface area contributed by atoms with Crippen LogP contribution in [0.5, 0.6) is 0 Å². The van der Waals surface area contributed by atoms with E-state index < -0.39 is 6.04 Å². The first-order valence-electron chi connectivity index (χ1n) is 6.17. The van der Waals surface area contributed by atoms with Crippen molar-refractivity contribution in [1.29, 1.82) is 0 Å². The summed E-state index contributed by atoms with van der Waals surface area (Å²) in [5.41, 5.74) is 3.66. The Hall–Kier alpha value is -1.71. The Morgan fingerprint density at radius 3 is 2.65 bits per heavy atom. The fourth-order valence-electron chi connectivity index (χ4n) is 2.28. The Morgan fingerprint density at radius 2 is 1.90 bits per heavy atom. The SMILES string of the molecule is Cc1ccc2c(c1)C(Nc1ccc(Cl)c(Cl)c1)C(=O)N2. The van der Waals surface area contributed by atoms with Crippen LogP contribution >= 0.6 is 23.2 Å². The van der Waals surface area contributed by atoms with Gasteiger partial charge in [-0.05, 0) is 31.2 Å². The third kappa shape index (κ3) is 2.35. The number of hydrogen-bond acceptors (Lipinski definition) is 2. The predicted octanol–water partition coefficient (Wildman–Crippen LogP) is 4.41. The molecule has 0 radical (unpaired) electrons. The highest BCUT2D eigenvalue weighted by molar-refractivity contribution is 6.42. The first-order chi connectivity index (χ1) is 9.54. The third-order valence-electron chi connectivity index (χ3n) is 3.27. The molecule has 20 heavy (non-hydrogen) atoms. The number of nitrogens with one attached hydrogen (secondary N) is 2. The van der Waals surface area contributed by atoms with Crippen molar-refractivity contribution in [1.82, 2.24) is 0 Å². The third-order valence-corrected chi connectivity index (χ3v) is 4.01. The van der Waals surface area contributed by atoms with Gasteiger partial charge in [0.05, 0.1) is 10.0 Å². The second-order valence-electron chi connectivity index (χ2n) is 4.79. The normalized spacial score (nSPS) is 16.8. The summed E-state index contributed by atoms with van der Waals surface area (Å²) in [6, 6.07) is 10.7. The number of halogens is 2. The van der Waals surface area contributed by atoms with E-state index in [0.29, 0.717) is 10.0 Å². The van der Waals surface area contributed by atoms with Gasteiger partial charge in [-0.2, -0.15) is 0 Å². The van der Waals surface area contributed by atoms with Crippen molar-refractivity contribution in [3.8, 4) is 0 Å². The molecule has 102 valence electrons. The Bertz CT molecular complexity index is 700. The average Bonchev–Trinajstić information content (AvgIpc) is 2.70. The molecule has 0 bridgehead atoms. The van der Waals surface area contributed by atoms with Gasteiger partial charge in [-0.25, -0.2) is 0 Å². The monoisotopic (exact) mass is 306 g/mol. The van der Waals surface area contributed by atoms with E-state index in [1.807, 2.05) is 25.1 Å². The van der Waals surface area contributed by atoms with E-state index in [1.54, 1.807) is 18.2 Å². The molecule has 1 atom stereocenters. The summed E-state index contributed by atoms with van der Waals surface area (Å²) in [7, 11) is 0. The lowest BCUT2D eigenvalue weighted by Crippen LogP contribution is -2.19. The van der Waals surface area contributed by atoms with Crippen molar-refractivity contribution in [2.45, 2.75) is 13.0 Å². The minimum atomic E-state index is -0.415. The Balaban J connectivity index is 1.93. The largest absolute Gasteiger partial charge is 0.370 e. The summed E-state index contributed by atoms with van der Waals surface area (Å²) < 4.78 is 0. The van der Waals surface area contributed by atoms with Crippen LogP contribution in [-0.2, 0) is 4.79 Å². The van der Waals surface area contributed by atoms with Gasteiger partial charge in [-0.1, -0.05) is 40.9 Å². The molecule has 1 aliphatic heterocycles. The molecule has 3 rings (SSSR count). The van der Waals surface area contributed by atoms with E-state index >= 15 is 0 Å². The molecule has 2 aromatic rings. The van der Waals surface area contributed by atoms with Gasteiger partial charge < -0.3 is 10.6 Å². The number of rotatable bonds is 2. The Labute approximate surface area is 126 Å². The van der Waals surface area contributed by atoms with E-state index in [1.165, 1.54) is 0 Å². The molecule has 0 fully saturated rings. The van der Waals surface area contributed by atoms with Gasteiger partial charge in [0, 0.05) is 16.9 Å². The number of benzene rings is 2. The molecule has 2 aromatic carbocycles. The van der Waals surface area contributed by atoms with Crippen molar-refractivity contribution in [3.05, 3.63) is 57.6 Å². The number of hydrogen-bond donors (Lipinski definition) is 2. The minimum Gasteiger partial charge on any atom is -0.370 e. The maximum atomic E-state index is 12.1. The van der Waals surface area contributed by atoms with Crippen LogP contribution < -0.4 is 10.6 Å². The summed E-state index contributed by atoms with van der Waals surface area (Å²) in [6.07, 6.45) is 0. The second kappa shape index (κ2) is 5.00. The molecule has 1 amide bonds. The van der Waals surface area contributed by atoms with E-state index in [4.69, 9.17) is 23.2 Å². The lowest BCUT2D eigenvalue weighted by molar-refractivity contribution is -0.116. The fourth-order valence-corrected chi connectivity index (χ4v) is 2.57. The molecule has 0 aliphatic carbocycles. The maximum Gasteiger partial charge on any atom is 0.251 e. The van der Waals surface area contributed by atoms with Crippen molar-refractivity contribution >= 4 is 40.5 Å². The number of anilines is 2. The number of aryl methyl sites for hydroxylation is 1. The molecular formula is C15H12Cl2N2O. The molecule has 0 aromatic heterocycles. The number of amides is 1. The molecule has 0 saturated heterocycles. The summed E-state index contributed by atoms with van der Waals surface area (Å²) in [5, 5.41) is 7.00. The zero-order valence-electron chi connectivity index (χ0n) is 10.7. The molecule has 3 nitrogen and oxygen atoms in total. The summed E-state index contributed by atoms with van der Waals surface area (Å²) in [4.78, 5) is 12.1. The zero-order valence-corrected chi connectivity index (χ0v) is 12.2. The van der Waals surface area contributed by atoms with Crippen LogP contribution in [0.1, 0.15) is 17.2 Å². The highest BCUT2D eigenvalue weighted by Gasteiger charge is 2.30. The van der Waals surface area contributed by atoms with Crippen LogP contribution in [0.3, 0.4) is 0 Å². The van der Waals surface area contributed by atoms with Crippen molar-refractivity contribution in [3.63, 3.8) is 0 Å². The first-order valence-corrected chi connectivity index (χ1v) is 6.93. The molecule has 0 saturated carbocycles. The second-order valence-corrected chi connectivity index (χ2v) is 5.60. The van der Waals surface area contributed by atoms with Gasteiger partial charge in [-0.3, -0.25) is 4.79 Å². The van der Waals surface area contributed by atoms with Crippen LogP contribution in [0.2, 0.25) is 10.0 Å². The van der Waals surface area contributed by atoms with Crippen LogP contribution in [0.25, 0.3) is 0 Å². The average molecular weight is 307 g/mol. The van der Waals surface area contributed by atoms with Crippen LogP contribution in [0.4, 0.5) is 11.4 Å². The van der Waals surface area contributed by atoms with E-state index in [9.17, 15) is 4.79 Å². The van der Waals surface area contributed by atoms with Gasteiger partial charge in [-0.15, -0.1) is 0 Å². The standard InChI is InChI=1S/C15H12Cl2N2O/c1-8-2-5-13-10(6-8)14(15(20)19-13)18-9-3-4-11(16)12(17)7-9/h2-7,14,18H,1H3,(H,19,20). The quantitative estimate of drug-likeness (QED) is 0.863. The summed E-state index contributed by atoms with van der Waals surface area (Å²) in [5.74, 6) is -0.0725. The molecule has 5 heteroatoms. The molecule has 1 unspecified atom stereocenters. The predicted molar refractivity (Wildman–Crippen MR) is 82.6 cm³/mol. The Morgan fingerprint density at radius 1 is 1.10 bits per heavy atom. The number of carbonyl (C=O) groups is 1. The summed E-state index contributed by atoms with van der Waals surface area (Å²) in [6.45, 7) is 2.00.